The van der Waals surface area contributed by atoms with Crippen molar-refractivity contribution < 1.29 is 58.8 Å². The molecule has 1 heterocycles. The van der Waals surface area contributed by atoms with Crippen molar-refractivity contribution >= 4 is 53.3 Å². The van der Waals surface area contributed by atoms with Crippen molar-refractivity contribution in [3.05, 3.63) is 0 Å². The lowest BCUT2D eigenvalue weighted by Gasteiger charge is -2.30. The van der Waals surface area contributed by atoms with Gasteiger partial charge in [-0.25, -0.2) is 4.79 Å². The molecule has 0 aromatic carbocycles. The molecule has 0 saturated carbocycles. The zero-order valence-corrected chi connectivity index (χ0v) is 28.5. The Morgan fingerprint density at radius 2 is 1.41 bits per heavy atom. The average molecular weight is 731 g/mol. The minimum atomic E-state index is -1.73. The summed E-state index contributed by atoms with van der Waals surface area (Å²) in [6, 6.07) is -8.26. The number of aliphatic imine (C=N–C) groups is 1. The monoisotopic (exact) mass is 730 g/mol. The zero-order valence-electron chi connectivity index (χ0n) is 28.5. The van der Waals surface area contributed by atoms with E-state index in [9.17, 15) is 48.6 Å². The molecular weight excluding hydrogens is 680 g/mol. The van der Waals surface area contributed by atoms with E-state index in [1.807, 2.05) is 5.32 Å². The van der Waals surface area contributed by atoms with Crippen LogP contribution in [-0.2, 0) is 38.4 Å². The fraction of sp³-hybridized carbons (Fsp3) is 0.690. The molecular formula is C29H50N10O12. The first-order valence-corrected chi connectivity index (χ1v) is 16.2. The maximum Gasteiger partial charge on any atom is 0.326 e. The first-order chi connectivity index (χ1) is 23.9. The number of aliphatic hydroxyl groups excluding tert-OH is 2. The number of likely N-dealkylation sites (tertiary alicyclic amines) is 1. The lowest BCUT2D eigenvalue weighted by atomic mass is 10.0. The number of aliphatic carboxylic acids is 2. The normalized spacial score (nSPS) is 16.8. The van der Waals surface area contributed by atoms with Crippen LogP contribution < -0.4 is 43.8 Å². The smallest absolute Gasteiger partial charge is 0.326 e. The number of carboxylic acids is 2. The number of carboxylic acid groups (broad SMARTS) is 2. The van der Waals surface area contributed by atoms with E-state index in [4.69, 9.17) is 27.4 Å². The highest BCUT2D eigenvalue weighted by molar-refractivity contribution is 5.97. The Morgan fingerprint density at radius 3 is 1.92 bits per heavy atom. The topological polar surface area (TPSA) is 371 Å². The van der Waals surface area contributed by atoms with Crippen molar-refractivity contribution in [2.75, 3.05) is 32.8 Å². The summed E-state index contributed by atoms with van der Waals surface area (Å²) in [6.07, 6.45) is 0.271. The highest BCUT2D eigenvalue weighted by Gasteiger charge is 2.39. The molecule has 22 nitrogen and oxygen atoms in total. The molecule has 1 aliphatic rings. The molecule has 0 radical (unpaired) electrons. The highest BCUT2D eigenvalue weighted by atomic mass is 16.4. The number of rotatable bonds is 22. The second-order valence-electron chi connectivity index (χ2n) is 12.2. The lowest BCUT2D eigenvalue weighted by molar-refractivity contribution is -0.147. The lowest BCUT2D eigenvalue weighted by Crippen LogP contribution is -2.60. The summed E-state index contributed by atoms with van der Waals surface area (Å²) < 4.78 is 0. The van der Waals surface area contributed by atoms with Crippen LogP contribution in [0.5, 0.6) is 0 Å². The number of nitrogens with two attached hydrogens (primary N) is 3. The van der Waals surface area contributed by atoms with Crippen LogP contribution in [0.4, 0.5) is 0 Å². The first-order valence-electron chi connectivity index (χ1n) is 16.2. The van der Waals surface area contributed by atoms with Crippen LogP contribution in [0.1, 0.15) is 52.4 Å². The summed E-state index contributed by atoms with van der Waals surface area (Å²) in [5, 5.41) is 48.8. The molecule has 0 unspecified atom stereocenters. The Labute approximate surface area is 293 Å². The molecule has 1 aliphatic heterocycles. The van der Waals surface area contributed by atoms with Gasteiger partial charge in [0, 0.05) is 13.1 Å². The van der Waals surface area contributed by atoms with Crippen LogP contribution >= 0.6 is 0 Å². The van der Waals surface area contributed by atoms with E-state index in [1.165, 1.54) is 4.90 Å². The number of carbonyl (C=O) groups is 8. The molecule has 1 saturated heterocycles. The van der Waals surface area contributed by atoms with Gasteiger partial charge in [-0.1, -0.05) is 13.8 Å². The van der Waals surface area contributed by atoms with Gasteiger partial charge in [0.05, 0.1) is 32.2 Å². The minimum absolute atomic E-state index is 0.0838. The van der Waals surface area contributed by atoms with Gasteiger partial charge in [-0.15, -0.1) is 0 Å². The predicted molar refractivity (Wildman–Crippen MR) is 177 cm³/mol. The van der Waals surface area contributed by atoms with Gasteiger partial charge in [-0.2, -0.15) is 0 Å². The van der Waals surface area contributed by atoms with Crippen LogP contribution in [0, 0.1) is 5.92 Å². The molecule has 6 amide bonds. The van der Waals surface area contributed by atoms with Crippen LogP contribution in [0.2, 0.25) is 0 Å². The Balaban J connectivity index is 2.90. The Bertz CT molecular complexity index is 1290. The third kappa shape index (κ3) is 15.6. The molecule has 1 rings (SSSR count). The quantitative estimate of drug-likeness (QED) is 0.0280. The number of nitrogens with one attached hydrogen (secondary N) is 5. The molecule has 0 bridgehead atoms. The number of aliphatic hydroxyl groups is 2. The highest BCUT2D eigenvalue weighted by Crippen LogP contribution is 2.20. The van der Waals surface area contributed by atoms with Gasteiger partial charge < -0.3 is 69.1 Å². The number of hydrogen-bond acceptors (Lipinski definition) is 12. The third-order valence-corrected chi connectivity index (χ3v) is 7.53. The van der Waals surface area contributed by atoms with Crippen molar-refractivity contribution in [1.82, 2.24) is 31.5 Å². The maximum absolute atomic E-state index is 13.7. The molecule has 288 valence electrons. The minimum Gasteiger partial charge on any atom is -0.481 e. The summed E-state index contributed by atoms with van der Waals surface area (Å²) in [6.45, 7) is 1.34. The van der Waals surface area contributed by atoms with E-state index >= 15 is 0 Å². The Kier molecular flexibility index (Phi) is 18.8. The zero-order chi connectivity index (χ0) is 38.8. The summed E-state index contributed by atoms with van der Waals surface area (Å²) in [7, 11) is 0. The number of amides is 6. The Hall–Kier alpha value is -5.09. The third-order valence-electron chi connectivity index (χ3n) is 7.53. The molecule has 0 aromatic heterocycles. The van der Waals surface area contributed by atoms with Gasteiger partial charge in [0.2, 0.25) is 35.4 Å². The number of hydrogen-bond donors (Lipinski definition) is 12. The van der Waals surface area contributed by atoms with Crippen molar-refractivity contribution in [2.24, 2.45) is 28.1 Å². The Morgan fingerprint density at radius 1 is 0.843 bits per heavy atom. The SMILES string of the molecule is CC(C)C[C@H](NC(=O)[C@H](CO)NC(=O)[C@H](CO)NC(=O)[C@@H](N)CCCN=C(N)N)C(=O)N1CCC[C@H]1C(=O)NCC(=O)N[C@@H](CC(=O)O)C(=O)O. The van der Waals surface area contributed by atoms with Gasteiger partial charge in [0.15, 0.2) is 5.96 Å². The first kappa shape index (κ1) is 43.9. The summed E-state index contributed by atoms with van der Waals surface area (Å²) in [4.78, 5) is 104. The molecule has 0 aliphatic carbocycles. The maximum atomic E-state index is 13.7. The van der Waals surface area contributed by atoms with Gasteiger partial charge in [-0.05, 0) is 38.0 Å². The van der Waals surface area contributed by atoms with Crippen LogP contribution in [0.15, 0.2) is 4.99 Å². The molecule has 6 atom stereocenters. The fourth-order valence-corrected chi connectivity index (χ4v) is 4.96. The van der Waals surface area contributed by atoms with Crippen molar-refractivity contribution in [3.8, 4) is 0 Å². The number of carbonyl (C=O) groups excluding carboxylic acids is 6. The van der Waals surface area contributed by atoms with Gasteiger partial charge >= 0.3 is 11.9 Å². The van der Waals surface area contributed by atoms with Gasteiger partial charge in [0.25, 0.3) is 0 Å². The summed E-state index contributed by atoms with van der Waals surface area (Å²) >= 11 is 0. The van der Waals surface area contributed by atoms with E-state index in [1.54, 1.807) is 13.8 Å². The van der Waals surface area contributed by atoms with Crippen LogP contribution in [0.3, 0.4) is 0 Å². The van der Waals surface area contributed by atoms with E-state index < -0.39 is 110 Å². The van der Waals surface area contributed by atoms with E-state index in [0.717, 1.165) is 0 Å². The second kappa shape index (κ2) is 21.9. The van der Waals surface area contributed by atoms with Gasteiger partial charge in [0.1, 0.15) is 30.2 Å². The molecule has 15 N–H and O–H groups in total. The average Bonchev–Trinajstić information content (AvgIpc) is 3.55. The van der Waals surface area contributed by atoms with Crippen LogP contribution in [0.25, 0.3) is 0 Å². The number of nitrogens with zero attached hydrogens (tertiary/aromatic N) is 2. The second-order valence-corrected chi connectivity index (χ2v) is 12.2. The van der Waals surface area contributed by atoms with E-state index in [-0.39, 0.29) is 44.2 Å². The van der Waals surface area contributed by atoms with Crippen molar-refractivity contribution in [2.45, 2.75) is 88.6 Å². The van der Waals surface area contributed by atoms with Gasteiger partial charge in [-0.3, -0.25) is 38.6 Å². The van der Waals surface area contributed by atoms with E-state index in [0.29, 0.717) is 12.8 Å². The molecule has 22 heteroatoms. The standard InChI is InChI=1S/C29H50N10O12/c1-14(2)9-16(27(49)39-8-4-6-20(39)26(48)34-11-21(42)35-17(28(50)51)10-22(43)44)36-24(46)19(13-41)38-25(47)18(12-40)37-23(45)15(30)5-3-7-33-29(31)32/h14-20,40-41H,3-13,30H2,1-2H3,(H,34,48)(H,35,42)(H,36,46)(H,37,45)(H,38,47)(H,43,44)(H,50,51)(H4,31,32,33)/t15-,16-,17-,18-,19-,20-/m0/s1. The fourth-order valence-electron chi connectivity index (χ4n) is 4.96. The summed E-state index contributed by atoms with van der Waals surface area (Å²) in [5.74, 6) is -8.51. The molecule has 51 heavy (non-hydrogen) atoms. The molecule has 0 aromatic rings. The van der Waals surface area contributed by atoms with Crippen LogP contribution in [-0.4, -0.2) is 148 Å². The van der Waals surface area contributed by atoms with E-state index in [2.05, 4.69) is 26.3 Å². The summed E-state index contributed by atoms with van der Waals surface area (Å²) in [5.41, 5.74) is 16.3. The largest absolute Gasteiger partial charge is 0.481 e. The number of guanidine groups is 1. The molecule has 0 spiro atoms. The van der Waals surface area contributed by atoms with Crippen molar-refractivity contribution in [3.63, 3.8) is 0 Å². The predicted octanol–water partition coefficient (Wildman–Crippen LogP) is -6.00. The molecule has 1 fully saturated rings. The van der Waals surface area contributed by atoms with Crippen molar-refractivity contribution in [1.29, 1.82) is 0 Å².